The average molecular weight is 220 g/mol. The molecule has 0 aromatic carbocycles. The number of hydrogen-bond acceptors (Lipinski definition) is 4. The van der Waals surface area contributed by atoms with E-state index < -0.39 is 0 Å². The average Bonchev–Trinajstić information content (AvgIpc) is 2.33. The Kier molecular flexibility index (Phi) is 3.59. The molecule has 0 aliphatic heterocycles. The Bertz CT molecular complexity index is 334. The fourth-order valence-corrected chi connectivity index (χ4v) is 2.43. The molecule has 0 radical (unpaired) electrons. The van der Waals surface area contributed by atoms with Gasteiger partial charge in [-0.25, -0.2) is 9.97 Å². The maximum absolute atomic E-state index is 5.76. The molecule has 0 saturated heterocycles. The lowest BCUT2D eigenvalue weighted by Crippen LogP contribution is -2.28. The molecule has 0 amide bonds. The summed E-state index contributed by atoms with van der Waals surface area (Å²) in [6.45, 7) is 2.21. The van der Waals surface area contributed by atoms with Gasteiger partial charge in [0.15, 0.2) is 11.6 Å². The molecule has 4 heteroatoms. The highest BCUT2D eigenvalue weighted by Gasteiger charge is 2.20. The number of aromatic nitrogens is 2. The molecule has 1 fully saturated rings. The molecule has 0 bridgehead atoms. The van der Waals surface area contributed by atoms with Gasteiger partial charge in [0.25, 0.3) is 0 Å². The van der Waals surface area contributed by atoms with E-state index in [9.17, 15) is 0 Å². The quantitative estimate of drug-likeness (QED) is 0.821. The SMILES string of the molecule is CC(Nc1nccnc1N)C1CCCCC1. The molecule has 2 rings (SSSR count). The van der Waals surface area contributed by atoms with E-state index in [1.54, 1.807) is 12.4 Å². The van der Waals surface area contributed by atoms with Gasteiger partial charge in [0.05, 0.1) is 0 Å². The van der Waals surface area contributed by atoms with E-state index in [0.29, 0.717) is 11.9 Å². The van der Waals surface area contributed by atoms with Gasteiger partial charge in [-0.3, -0.25) is 0 Å². The third-order valence-corrected chi connectivity index (χ3v) is 3.45. The molecule has 3 N–H and O–H groups in total. The van der Waals surface area contributed by atoms with E-state index in [0.717, 1.165) is 11.7 Å². The Morgan fingerprint density at radius 3 is 2.62 bits per heavy atom. The molecule has 1 unspecified atom stereocenters. The zero-order chi connectivity index (χ0) is 11.4. The smallest absolute Gasteiger partial charge is 0.169 e. The van der Waals surface area contributed by atoms with Crippen molar-refractivity contribution in [2.24, 2.45) is 5.92 Å². The van der Waals surface area contributed by atoms with Gasteiger partial charge < -0.3 is 11.1 Å². The zero-order valence-electron chi connectivity index (χ0n) is 9.82. The summed E-state index contributed by atoms with van der Waals surface area (Å²) in [6.07, 6.45) is 10.0. The summed E-state index contributed by atoms with van der Waals surface area (Å²) in [5, 5.41) is 3.38. The van der Waals surface area contributed by atoms with E-state index in [4.69, 9.17) is 5.73 Å². The number of rotatable bonds is 3. The lowest BCUT2D eigenvalue weighted by atomic mass is 9.84. The van der Waals surface area contributed by atoms with Crippen LogP contribution in [0.2, 0.25) is 0 Å². The molecule has 1 aromatic rings. The normalized spacial score (nSPS) is 19.3. The van der Waals surface area contributed by atoms with Crippen molar-refractivity contribution in [3.63, 3.8) is 0 Å². The van der Waals surface area contributed by atoms with Crippen LogP contribution in [-0.2, 0) is 0 Å². The molecule has 1 atom stereocenters. The van der Waals surface area contributed by atoms with Crippen LogP contribution in [0.5, 0.6) is 0 Å². The largest absolute Gasteiger partial charge is 0.381 e. The van der Waals surface area contributed by atoms with Crippen LogP contribution in [0.4, 0.5) is 11.6 Å². The van der Waals surface area contributed by atoms with Gasteiger partial charge in [-0.2, -0.15) is 0 Å². The number of nitrogen functional groups attached to an aromatic ring is 1. The van der Waals surface area contributed by atoms with E-state index in [-0.39, 0.29) is 0 Å². The van der Waals surface area contributed by atoms with Crippen molar-refractivity contribution in [2.75, 3.05) is 11.1 Å². The van der Waals surface area contributed by atoms with Gasteiger partial charge in [-0.15, -0.1) is 0 Å². The highest BCUT2D eigenvalue weighted by Crippen LogP contribution is 2.28. The second kappa shape index (κ2) is 5.14. The summed E-state index contributed by atoms with van der Waals surface area (Å²) in [7, 11) is 0. The zero-order valence-corrected chi connectivity index (χ0v) is 9.82. The predicted molar refractivity (Wildman–Crippen MR) is 66.1 cm³/mol. The summed E-state index contributed by atoms with van der Waals surface area (Å²) >= 11 is 0. The van der Waals surface area contributed by atoms with E-state index in [1.807, 2.05) is 0 Å². The van der Waals surface area contributed by atoms with Crippen LogP contribution < -0.4 is 11.1 Å². The van der Waals surface area contributed by atoms with Gasteiger partial charge >= 0.3 is 0 Å². The molecule has 1 aliphatic carbocycles. The molecule has 1 aromatic heterocycles. The second-order valence-electron chi connectivity index (χ2n) is 4.62. The second-order valence-corrected chi connectivity index (χ2v) is 4.62. The molecule has 1 heterocycles. The van der Waals surface area contributed by atoms with Crippen molar-refractivity contribution < 1.29 is 0 Å². The van der Waals surface area contributed by atoms with Crippen LogP contribution in [0, 0.1) is 5.92 Å². The molecule has 16 heavy (non-hydrogen) atoms. The maximum Gasteiger partial charge on any atom is 0.169 e. The molecule has 0 spiro atoms. The van der Waals surface area contributed by atoms with Crippen molar-refractivity contribution in [3.8, 4) is 0 Å². The third kappa shape index (κ3) is 2.62. The minimum Gasteiger partial charge on any atom is -0.381 e. The molecule has 4 nitrogen and oxygen atoms in total. The minimum absolute atomic E-state index is 0.430. The van der Waals surface area contributed by atoms with Crippen molar-refractivity contribution in [1.29, 1.82) is 0 Å². The Labute approximate surface area is 96.7 Å². The lowest BCUT2D eigenvalue weighted by molar-refractivity contribution is 0.328. The standard InChI is InChI=1S/C12H20N4/c1-9(10-5-3-2-4-6-10)16-12-11(13)14-7-8-15-12/h7-10H,2-6H2,1H3,(H2,13,14)(H,15,16). The number of nitrogens with one attached hydrogen (secondary N) is 1. The van der Waals surface area contributed by atoms with Crippen molar-refractivity contribution in [2.45, 2.75) is 45.1 Å². The van der Waals surface area contributed by atoms with Gasteiger partial charge in [0.2, 0.25) is 0 Å². The number of anilines is 2. The highest BCUT2D eigenvalue weighted by atomic mass is 15.1. The van der Waals surface area contributed by atoms with Crippen LogP contribution in [0.3, 0.4) is 0 Å². The first-order chi connectivity index (χ1) is 7.77. The monoisotopic (exact) mass is 220 g/mol. The first-order valence-electron chi connectivity index (χ1n) is 6.10. The summed E-state index contributed by atoms with van der Waals surface area (Å²) in [5.74, 6) is 1.96. The highest BCUT2D eigenvalue weighted by molar-refractivity contribution is 5.55. The lowest BCUT2D eigenvalue weighted by Gasteiger charge is -2.28. The fourth-order valence-electron chi connectivity index (χ4n) is 2.43. The Morgan fingerprint density at radius 2 is 1.94 bits per heavy atom. The van der Waals surface area contributed by atoms with Gasteiger partial charge in [0.1, 0.15) is 0 Å². The first-order valence-corrected chi connectivity index (χ1v) is 6.10. The summed E-state index contributed by atoms with van der Waals surface area (Å²) < 4.78 is 0. The fraction of sp³-hybridized carbons (Fsp3) is 0.667. The molecule has 1 aliphatic rings. The van der Waals surface area contributed by atoms with Crippen LogP contribution in [0.25, 0.3) is 0 Å². The molecule has 1 saturated carbocycles. The van der Waals surface area contributed by atoms with Gasteiger partial charge in [-0.05, 0) is 25.7 Å². The van der Waals surface area contributed by atoms with Crippen LogP contribution >= 0.6 is 0 Å². The van der Waals surface area contributed by atoms with E-state index in [1.165, 1.54) is 32.1 Å². The summed E-state index contributed by atoms with van der Waals surface area (Å²) in [4.78, 5) is 8.24. The topological polar surface area (TPSA) is 63.8 Å². The van der Waals surface area contributed by atoms with Gasteiger partial charge in [0, 0.05) is 18.4 Å². The number of nitrogens with two attached hydrogens (primary N) is 1. The minimum atomic E-state index is 0.430. The molecular weight excluding hydrogens is 200 g/mol. The van der Waals surface area contributed by atoms with E-state index >= 15 is 0 Å². The first kappa shape index (κ1) is 11.2. The van der Waals surface area contributed by atoms with Crippen molar-refractivity contribution >= 4 is 11.6 Å². The van der Waals surface area contributed by atoms with Crippen molar-refractivity contribution in [1.82, 2.24) is 9.97 Å². The van der Waals surface area contributed by atoms with Gasteiger partial charge in [-0.1, -0.05) is 19.3 Å². The van der Waals surface area contributed by atoms with Crippen LogP contribution in [-0.4, -0.2) is 16.0 Å². The maximum atomic E-state index is 5.76. The van der Waals surface area contributed by atoms with Crippen LogP contribution in [0.1, 0.15) is 39.0 Å². The Hall–Kier alpha value is -1.32. The van der Waals surface area contributed by atoms with Crippen molar-refractivity contribution in [3.05, 3.63) is 12.4 Å². The number of nitrogens with zero attached hydrogens (tertiary/aromatic N) is 2. The molecular formula is C12H20N4. The summed E-state index contributed by atoms with van der Waals surface area (Å²) in [6, 6.07) is 0.430. The Balaban J connectivity index is 1.96. The van der Waals surface area contributed by atoms with Crippen LogP contribution in [0.15, 0.2) is 12.4 Å². The predicted octanol–water partition coefficient (Wildman–Crippen LogP) is 2.44. The summed E-state index contributed by atoms with van der Waals surface area (Å²) in [5.41, 5.74) is 5.76. The Morgan fingerprint density at radius 1 is 1.25 bits per heavy atom. The molecule has 88 valence electrons. The van der Waals surface area contributed by atoms with E-state index in [2.05, 4.69) is 22.2 Å². The third-order valence-electron chi connectivity index (χ3n) is 3.45. The number of hydrogen-bond donors (Lipinski definition) is 2.